The van der Waals surface area contributed by atoms with Crippen LogP contribution in [0, 0.1) is 11.8 Å². The molecule has 1 heterocycles. The van der Waals surface area contributed by atoms with Crippen molar-refractivity contribution in [2.24, 2.45) is 0 Å². The number of benzene rings is 2. The maximum Gasteiger partial charge on any atom is 0.469 e. The first-order chi connectivity index (χ1) is 14.2. The van der Waals surface area contributed by atoms with E-state index in [9.17, 15) is 9.67 Å². The SMILES string of the molecule is C[C@H](O)c1nccn1[C@@H](C#Cc1ccc(-c2ccc(N)cc2)cc1)COP(=O)(O)O. The lowest BCUT2D eigenvalue weighted by molar-refractivity contribution is 0.165. The van der Waals surface area contributed by atoms with Gasteiger partial charge in [-0.3, -0.25) is 4.52 Å². The van der Waals surface area contributed by atoms with Gasteiger partial charge in [-0.25, -0.2) is 9.55 Å². The van der Waals surface area contributed by atoms with E-state index >= 15 is 0 Å². The number of nitrogens with two attached hydrogens (primary N) is 1. The number of aliphatic hydroxyl groups excluding tert-OH is 1. The molecule has 5 N–H and O–H groups in total. The van der Waals surface area contributed by atoms with Crippen molar-refractivity contribution < 1.29 is 24.0 Å². The molecule has 0 spiro atoms. The molecule has 0 aliphatic carbocycles. The van der Waals surface area contributed by atoms with Crippen molar-refractivity contribution in [1.82, 2.24) is 9.55 Å². The topological polar surface area (TPSA) is 131 Å². The van der Waals surface area contributed by atoms with Gasteiger partial charge in [-0.05, 0) is 42.3 Å². The van der Waals surface area contributed by atoms with Gasteiger partial charge in [0.15, 0.2) is 0 Å². The minimum atomic E-state index is -4.67. The largest absolute Gasteiger partial charge is 0.469 e. The minimum absolute atomic E-state index is 0.322. The fraction of sp³-hybridized carbons (Fsp3) is 0.190. The predicted octanol–water partition coefficient (Wildman–Crippen LogP) is 2.89. The third-order valence-electron chi connectivity index (χ3n) is 4.32. The zero-order valence-corrected chi connectivity index (χ0v) is 17.1. The second kappa shape index (κ2) is 9.26. The maximum absolute atomic E-state index is 11.1. The van der Waals surface area contributed by atoms with Gasteiger partial charge in [-0.2, -0.15) is 0 Å². The zero-order chi connectivity index (χ0) is 21.7. The summed E-state index contributed by atoms with van der Waals surface area (Å²) in [6.45, 7) is 1.18. The van der Waals surface area contributed by atoms with Crippen LogP contribution in [-0.4, -0.2) is 31.1 Å². The molecule has 156 valence electrons. The summed E-state index contributed by atoms with van der Waals surface area (Å²) in [4.78, 5) is 22.2. The number of phosphoric acid groups is 1. The quantitative estimate of drug-likeness (QED) is 0.270. The molecule has 0 aliphatic rings. The van der Waals surface area contributed by atoms with Crippen LogP contribution < -0.4 is 5.73 Å². The molecule has 8 nitrogen and oxygen atoms in total. The van der Waals surface area contributed by atoms with Crippen LogP contribution in [-0.2, 0) is 9.09 Å². The summed E-state index contributed by atoms with van der Waals surface area (Å²) in [5.41, 5.74) is 9.16. The summed E-state index contributed by atoms with van der Waals surface area (Å²) in [6, 6.07) is 14.3. The number of nitrogen functional groups attached to an aromatic ring is 1. The Morgan fingerprint density at radius 1 is 1.13 bits per heavy atom. The van der Waals surface area contributed by atoms with E-state index in [0.717, 1.165) is 11.1 Å². The van der Waals surface area contributed by atoms with Gasteiger partial charge in [0.25, 0.3) is 0 Å². The highest BCUT2D eigenvalue weighted by molar-refractivity contribution is 7.46. The Kier molecular flexibility index (Phi) is 6.73. The molecule has 1 aromatic heterocycles. The molecular formula is C21H22N3O5P. The van der Waals surface area contributed by atoms with Crippen molar-refractivity contribution in [2.45, 2.75) is 19.1 Å². The first kappa shape index (κ1) is 21.8. The second-order valence-electron chi connectivity index (χ2n) is 6.64. The highest BCUT2D eigenvalue weighted by Gasteiger charge is 2.21. The lowest BCUT2D eigenvalue weighted by atomic mass is 10.0. The molecule has 9 heteroatoms. The van der Waals surface area contributed by atoms with E-state index < -0.39 is 20.0 Å². The molecule has 0 radical (unpaired) electrons. The summed E-state index contributed by atoms with van der Waals surface area (Å²) >= 11 is 0. The smallest absolute Gasteiger partial charge is 0.399 e. The average Bonchev–Trinajstić information content (AvgIpc) is 3.18. The average molecular weight is 427 g/mol. The van der Waals surface area contributed by atoms with Crippen LogP contribution in [0.25, 0.3) is 11.1 Å². The number of anilines is 1. The molecule has 0 fully saturated rings. The number of rotatable bonds is 6. The van der Waals surface area contributed by atoms with Crippen molar-refractivity contribution >= 4 is 13.5 Å². The third kappa shape index (κ3) is 5.80. The Bertz CT molecular complexity index is 1090. The van der Waals surface area contributed by atoms with E-state index in [1.54, 1.807) is 13.1 Å². The minimum Gasteiger partial charge on any atom is -0.399 e. The zero-order valence-electron chi connectivity index (χ0n) is 16.2. The van der Waals surface area contributed by atoms with E-state index in [-0.39, 0.29) is 6.61 Å². The fourth-order valence-corrected chi connectivity index (χ4v) is 3.19. The van der Waals surface area contributed by atoms with E-state index in [1.807, 2.05) is 48.5 Å². The Morgan fingerprint density at radius 3 is 2.30 bits per heavy atom. The Balaban J connectivity index is 1.85. The molecule has 0 bridgehead atoms. The van der Waals surface area contributed by atoms with E-state index in [2.05, 4.69) is 21.3 Å². The lowest BCUT2D eigenvalue weighted by Gasteiger charge is -2.17. The molecule has 0 saturated heterocycles. The summed E-state index contributed by atoms with van der Waals surface area (Å²) in [5.74, 6) is 6.26. The van der Waals surface area contributed by atoms with Crippen LogP contribution in [0.2, 0.25) is 0 Å². The van der Waals surface area contributed by atoms with Crippen molar-refractivity contribution in [1.29, 1.82) is 0 Å². The highest BCUT2D eigenvalue weighted by Crippen LogP contribution is 2.37. The first-order valence-electron chi connectivity index (χ1n) is 9.11. The summed E-state index contributed by atoms with van der Waals surface area (Å²) in [5, 5.41) is 9.88. The van der Waals surface area contributed by atoms with Gasteiger partial charge >= 0.3 is 7.82 Å². The number of aromatic nitrogens is 2. The van der Waals surface area contributed by atoms with Crippen LogP contribution in [0.15, 0.2) is 60.9 Å². The van der Waals surface area contributed by atoms with Crippen LogP contribution in [0.5, 0.6) is 0 Å². The number of aliphatic hydroxyl groups is 1. The number of nitrogens with zero attached hydrogens (tertiary/aromatic N) is 2. The monoisotopic (exact) mass is 427 g/mol. The van der Waals surface area contributed by atoms with Gasteiger partial charge < -0.3 is 25.2 Å². The van der Waals surface area contributed by atoms with Gasteiger partial charge in [0.1, 0.15) is 18.0 Å². The molecule has 2 aromatic carbocycles. The number of phosphoric ester groups is 1. The van der Waals surface area contributed by atoms with Crippen LogP contribution in [0.1, 0.15) is 30.5 Å². The number of hydrogen-bond donors (Lipinski definition) is 4. The molecule has 3 aromatic rings. The Labute approximate surface area is 174 Å². The van der Waals surface area contributed by atoms with Gasteiger partial charge in [0.05, 0.1) is 6.61 Å². The molecule has 2 atom stereocenters. The number of hydrogen-bond acceptors (Lipinski definition) is 5. The molecular weight excluding hydrogens is 405 g/mol. The van der Waals surface area contributed by atoms with Crippen molar-refractivity contribution in [3.05, 3.63) is 72.3 Å². The molecule has 0 amide bonds. The van der Waals surface area contributed by atoms with Crippen molar-refractivity contribution in [2.75, 3.05) is 12.3 Å². The molecule has 3 rings (SSSR count). The second-order valence-corrected chi connectivity index (χ2v) is 7.88. The van der Waals surface area contributed by atoms with E-state index in [0.29, 0.717) is 17.1 Å². The predicted molar refractivity (Wildman–Crippen MR) is 113 cm³/mol. The van der Waals surface area contributed by atoms with Crippen LogP contribution in [0.4, 0.5) is 5.69 Å². The van der Waals surface area contributed by atoms with Gasteiger partial charge in [-0.1, -0.05) is 36.1 Å². The Hall–Kier alpha value is -2.92. The molecule has 0 saturated carbocycles. The Morgan fingerprint density at radius 2 is 1.73 bits per heavy atom. The number of imidazole rings is 1. The summed E-state index contributed by atoms with van der Waals surface area (Å²) in [6.07, 6.45) is 2.18. The summed E-state index contributed by atoms with van der Waals surface area (Å²) in [7, 11) is -4.67. The normalized spacial score (nSPS) is 13.3. The standard InChI is InChI=1S/C21H22N3O5P/c1-15(25)21-23-12-13-24(21)20(14-29-30(26,27)28)11-4-16-2-5-17(6-3-16)18-7-9-19(22)10-8-18/h2-3,5-10,12-13,15,20,25H,14,22H2,1H3,(H2,26,27,28)/t15-,20-/m0/s1. The van der Waals surface area contributed by atoms with Gasteiger partial charge in [0.2, 0.25) is 0 Å². The molecule has 0 unspecified atom stereocenters. The van der Waals surface area contributed by atoms with E-state index in [1.165, 1.54) is 10.8 Å². The maximum atomic E-state index is 11.1. The first-order valence-corrected chi connectivity index (χ1v) is 10.6. The van der Waals surface area contributed by atoms with Crippen molar-refractivity contribution in [3.8, 4) is 23.0 Å². The van der Waals surface area contributed by atoms with Crippen LogP contribution in [0.3, 0.4) is 0 Å². The van der Waals surface area contributed by atoms with Crippen LogP contribution >= 0.6 is 7.82 Å². The van der Waals surface area contributed by atoms with E-state index in [4.69, 9.17) is 15.5 Å². The third-order valence-corrected chi connectivity index (χ3v) is 4.81. The lowest BCUT2D eigenvalue weighted by Crippen LogP contribution is -2.17. The van der Waals surface area contributed by atoms with Crippen molar-refractivity contribution in [3.63, 3.8) is 0 Å². The fourth-order valence-electron chi connectivity index (χ4n) is 2.86. The summed E-state index contributed by atoms with van der Waals surface area (Å²) < 4.78 is 17.3. The van der Waals surface area contributed by atoms with Gasteiger partial charge in [-0.15, -0.1) is 0 Å². The molecule has 0 aliphatic heterocycles. The molecule has 30 heavy (non-hydrogen) atoms. The van der Waals surface area contributed by atoms with Gasteiger partial charge in [0, 0.05) is 23.6 Å². The highest BCUT2D eigenvalue weighted by atomic mass is 31.2.